The third-order valence-electron chi connectivity index (χ3n) is 3.00. The normalized spacial score (nSPS) is 12.5. The zero-order valence-corrected chi connectivity index (χ0v) is 13.1. The van der Waals surface area contributed by atoms with Crippen LogP contribution in [0.5, 0.6) is 11.5 Å². The summed E-state index contributed by atoms with van der Waals surface area (Å²) in [6.07, 6.45) is 0. The fourth-order valence-corrected chi connectivity index (χ4v) is 3.42. The number of amides is 1. The monoisotopic (exact) mass is 353 g/mol. The van der Waals surface area contributed by atoms with Crippen LogP contribution in [0.25, 0.3) is 0 Å². The number of carbonyl (C=O) groups is 1. The summed E-state index contributed by atoms with van der Waals surface area (Å²) in [5.74, 6) is 1.36. The summed E-state index contributed by atoms with van der Waals surface area (Å²) in [6.45, 7) is 2.61. The topological polar surface area (TPSA) is 47.6 Å². The quantitative estimate of drug-likeness (QED) is 0.918. The van der Waals surface area contributed by atoms with Crippen molar-refractivity contribution in [3.63, 3.8) is 0 Å². The van der Waals surface area contributed by atoms with E-state index in [1.807, 2.05) is 31.2 Å². The summed E-state index contributed by atoms with van der Waals surface area (Å²) in [4.78, 5) is 12.8. The Morgan fingerprint density at radius 1 is 1.45 bits per heavy atom. The molecule has 3 rings (SSSR count). The van der Waals surface area contributed by atoms with Gasteiger partial charge in [-0.05, 0) is 40.5 Å². The molecule has 2 aromatic rings. The number of rotatable bonds is 3. The number of carbonyl (C=O) groups excluding carboxylic acids is 1. The first-order valence-electron chi connectivity index (χ1n) is 6.07. The van der Waals surface area contributed by atoms with E-state index in [4.69, 9.17) is 9.47 Å². The highest BCUT2D eigenvalue weighted by molar-refractivity contribution is 9.11. The average Bonchev–Trinajstić information content (AvgIpc) is 3.03. The third-order valence-corrected chi connectivity index (χ3v) is 5.13. The molecule has 0 bridgehead atoms. The molecular weight excluding hydrogens is 342 g/mol. The van der Waals surface area contributed by atoms with Gasteiger partial charge in [0.1, 0.15) is 0 Å². The maximum atomic E-state index is 12.1. The van der Waals surface area contributed by atoms with Gasteiger partial charge in [0.05, 0.1) is 8.66 Å². The molecule has 6 heteroatoms. The standard InChI is InChI=1S/C14H12BrNO3S/c1-8-5-11(20-13(8)15)14(17)16-6-9-3-2-4-10-12(9)19-7-18-10/h2-5H,6-7H2,1H3,(H,16,17). The number of fused-ring (bicyclic) bond motifs is 1. The summed E-state index contributed by atoms with van der Waals surface area (Å²) in [7, 11) is 0. The number of halogens is 1. The number of hydrogen-bond acceptors (Lipinski definition) is 4. The summed E-state index contributed by atoms with van der Waals surface area (Å²) >= 11 is 4.85. The Kier molecular flexibility index (Phi) is 3.67. The molecule has 4 nitrogen and oxygen atoms in total. The van der Waals surface area contributed by atoms with Crippen molar-refractivity contribution in [2.75, 3.05) is 6.79 Å². The Hall–Kier alpha value is -1.53. The minimum Gasteiger partial charge on any atom is -0.454 e. The molecule has 2 heterocycles. The maximum Gasteiger partial charge on any atom is 0.261 e. The van der Waals surface area contributed by atoms with E-state index in [2.05, 4.69) is 21.2 Å². The fraction of sp³-hybridized carbons (Fsp3) is 0.214. The van der Waals surface area contributed by atoms with Crippen molar-refractivity contribution in [3.05, 3.63) is 44.1 Å². The Morgan fingerprint density at radius 2 is 2.30 bits per heavy atom. The number of nitrogens with one attached hydrogen (secondary N) is 1. The highest BCUT2D eigenvalue weighted by Crippen LogP contribution is 2.35. The molecule has 1 aliphatic heterocycles. The van der Waals surface area contributed by atoms with E-state index in [1.165, 1.54) is 11.3 Å². The van der Waals surface area contributed by atoms with Crippen molar-refractivity contribution in [2.45, 2.75) is 13.5 Å². The minimum absolute atomic E-state index is 0.0830. The van der Waals surface area contributed by atoms with Gasteiger partial charge in [-0.25, -0.2) is 0 Å². The molecule has 1 amide bonds. The summed E-state index contributed by atoms with van der Waals surface area (Å²) in [6, 6.07) is 7.54. The first kappa shape index (κ1) is 13.5. The minimum atomic E-state index is -0.0830. The van der Waals surface area contributed by atoms with Crippen LogP contribution >= 0.6 is 27.3 Å². The summed E-state index contributed by atoms with van der Waals surface area (Å²) in [5.41, 5.74) is 1.98. The van der Waals surface area contributed by atoms with E-state index in [1.54, 1.807) is 0 Å². The van der Waals surface area contributed by atoms with Crippen LogP contribution in [0.15, 0.2) is 28.1 Å². The van der Waals surface area contributed by atoms with Gasteiger partial charge in [0, 0.05) is 12.1 Å². The molecule has 0 saturated carbocycles. The second-order valence-electron chi connectivity index (χ2n) is 4.40. The van der Waals surface area contributed by atoms with Crippen LogP contribution in [0.1, 0.15) is 20.8 Å². The Morgan fingerprint density at radius 3 is 3.05 bits per heavy atom. The molecule has 0 spiro atoms. The smallest absolute Gasteiger partial charge is 0.261 e. The molecule has 20 heavy (non-hydrogen) atoms. The van der Waals surface area contributed by atoms with Crippen molar-refractivity contribution >= 4 is 33.2 Å². The Balaban J connectivity index is 1.71. The van der Waals surface area contributed by atoms with Gasteiger partial charge in [0.15, 0.2) is 11.5 Å². The Bertz CT molecular complexity index is 649. The van der Waals surface area contributed by atoms with Crippen LogP contribution in [0.4, 0.5) is 0 Å². The van der Waals surface area contributed by atoms with Crippen LogP contribution < -0.4 is 14.8 Å². The van der Waals surface area contributed by atoms with Gasteiger partial charge < -0.3 is 14.8 Å². The zero-order valence-electron chi connectivity index (χ0n) is 10.7. The van der Waals surface area contributed by atoms with Crippen molar-refractivity contribution in [1.82, 2.24) is 5.32 Å². The lowest BCUT2D eigenvalue weighted by Gasteiger charge is -2.06. The predicted octanol–water partition coefficient (Wildman–Crippen LogP) is 3.48. The van der Waals surface area contributed by atoms with Gasteiger partial charge in [-0.1, -0.05) is 12.1 Å². The van der Waals surface area contributed by atoms with E-state index in [0.717, 1.165) is 26.4 Å². The lowest BCUT2D eigenvalue weighted by Crippen LogP contribution is -2.21. The van der Waals surface area contributed by atoms with E-state index in [-0.39, 0.29) is 12.7 Å². The van der Waals surface area contributed by atoms with Gasteiger partial charge in [0.2, 0.25) is 6.79 Å². The molecule has 0 saturated heterocycles. The predicted molar refractivity (Wildman–Crippen MR) is 80.5 cm³/mol. The molecule has 0 atom stereocenters. The molecule has 1 aliphatic rings. The van der Waals surface area contributed by atoms with Crippen molar-refractivity contribution in [2.24, 2.45) is 0 Å². The second-order valence-corrected chi connectivity index (χ2v) is 6.77. The van der Waals surface area contributed by atoms with E-state index in [0.29, 0.717) is 11.4 Å². The zero-order chi connectivity index (χ0) is 14.1. The number of hydrogen-bond donors (Lipinski definition) is 1. The van der Waals surface area contributed by atoms with Crippen LogP contribution in [-0.4, -0.2) is 12.7 Å². The fourth-order valence-electron chi connectivity index (χ4n) is 1.96. The van der Waals surface area contributed by atoms with Gasteiger partial charge in [-0.3, -0.25) is 4.79 Å². The van der Waals surface area contributed by atoms with Crippen LogP contribution in [0.2, 0.25) is 0 Å². The SMILES string of the molecule is Cc1cc(C(=O)NCc2cccc3c2OCO3)sc1Br. The largest absolute Gasteiger partial charge is 0.454 e. The first-order chi connectivity index (χ1) is 9.65. The number of thiophene rings is 1. The molecule has 1 aromatic carbocycles. The molecule has 0 fully saturated rings. The van der Waals surface area contributed by atoms with Gasteiger partial charge in [-0.2, -0.15) is 0 Å². The number of aryl methyl sites for hydroxylation is 1. The highest BCUT2D eigenvalue weighted by atomic mass is 79.9. The highest BCUT2D eigenvalue weighted by Gasteiger charge is 2.18. The number of para-hydroxylation sites is 1. The molecule has 0 aliphatic carbocycles. The lowest BCUT2D eigenvalue weighted by atomic mass is 10.2. The number of benzene rings is 1. The average molecular weight is 354 g/mol. The van der Waals surface area contributed by atoms with Crippen LogP contribution in [-0.2, 0) is 6.54 Å². The van der Waals surface area contributed by atoms with E-state index >= 15 is 0 Å². The van der Waals surface area contributed by atoms with Crippen molar-refractivity contribution in [3.8, 4) is 11.5 Å². The second kappa shape index (κ2) is 5.46. The van der Waals surface area contributed by atoms with Gasteiger partial charge >= 0.3 is 0 Å². The van der Waals surface area contributed by atoms with E-state index in [9.17, 15) is 4.79 Å². The van der Waals surface area contributed by atoms with Crippen molar-refractivity contribution in [1.29, 1.82) is 0 Å². The molecule has 0 radical (unpaired) electrons. The van der Waals surface area contributed by atoms with Crippen LogP contribution in [0.3, 0.4) is 0 Å². The van der Waals surface area contributed by atoms with E-state index < -0.39 is 0 Å². The number of ether oxygens (including phenoxy) is 2. The molecule has 1 aromatic heterocycles. The van der Waals surface area contributed by atoms with Gasteiger partial charge in [0.25, 0.3) is 5.91 Å². The van der Waals surface area contributed by atoms with Crippen molar-refractivity contribution < 1.29 is 14.3 Å². The molecule has 0 unspecified atom stereocenters. The third kappa shape index (κ3) is 2.53. The first-order valence-corrected chi connectivity index (χ1v) is 7.67. The van der Waals surface area contributed by atoms with Crippen LogP contribution in [0, 0.1) is 6.92 Å². The molecular formula is C14H12BrNO3S. The summed E-state index contributed by atoms with van der Waals surface area (Å²) < 4.78 is 11.7. The Labute approximate surface area is 128 Å². The molecule has 1 N–H and O–H groups in total. The summed E-state index contributed by atoms with van der Waals surface area (Å²) in [5, 5.41) is 2.90. The maximum absolute atomic E-state index is 12.1. The molecule has 104 valence electrons. The van der Waals surface area contributed by atoms with Gasteiger partial charge in [-0.15, -0.1) is 11.3 Å². The lowest BCUT2D eigenvalue weighted by molar-refractivity contribution is 0.0954.